The molecule has 0 saturated heterocycles. The molecule has 1 heterocycles. The van der Waals surface area contributed by atoms with E-state index in [1.165, 1.54) is 12.1 Å². The molecule has 0 aliphatic heterocycles. The molecule has 0 spiro atoms. The maximum atomic E-state index is 13.5. The smallest absolute Gasteiger partial charge is 0.149 e. The second-order valence-corrected chi connectivity index (χ2v) is 4.96. The second kappa shape index (κ2) is 5.09. The summed E-state index contributed by atoms with van der Waals surface area (Å²) >= 11 is 0. The van der Waals surface area contributed by atoms with Crippen LogP contribution in [0.1, 0.15) is 13.3 Å². The van der Waals surface area contributed by atoms with Crippen LogP contribution in [-0.2, 0) is 6.54 Å². The number of fused-ring (bicyclic) bond motifs is 1. The molecule has 0 fully saturated rings. The molecule has 4 nitrogen and oxygen atoms in total. The Bertz CT molecular complexity index is 811. The number of nitrogen functional groups attached to an aromatic ring is 1. The minimum atomic E-state index is -0.303. The van der Waals surface area contributed by atoms with Crippen molar-refractivity contribution in [3.05, 3.63) is 42.2 Å². The summed E-state index contributed by atoms with van der Waals surface area (Å²) in [5.74, 6) is 0.302. The number of hydrogen-bond acceptors (Lipinski definition) is 3. The Morgan fingerprint density at radius 1 is 1.29 bits per heavy atom. The van der Waals surface area contributed by atoms with Crippen LogP contribution in [0, 0.1) is 5.82 Å². The topological polar surface area (TPSA) is 64.1 Å². The van der Waals surface area contributed by atoms with Gasteiger partial charge in [-0.15, -0.1) is 0 Å². The van der Waals surface area contributed by atoms with Gasteiger partial charge in [0.1, 0.15) is 17.4 Å². The molecule has 3 rings (SSSR count). The number of para-hydroxylation sites is 1. The highest BCUT2D eigenvalue weighted by Crippen LogP contribution is 2.35. The molecule has 3 N–H and O–H groups in total. The molecule has 1 aromatic heterocycles. The largest absolute Gasteiger partial charge is 0.505 e. The first-order chi connectivity index (χ1) is 10.1. The van der Waals surface area contributed by atoms with E-state index in [1.54, 1.807) is 24.3 Å². The molecule has 0 amide bonds. The predicted molar refractivity (Wildman–Crippen MR) is 81.5 cm³/mol. The molecular weight excluding hydrogens is 269 g/mol. The number of phenolic OH excluding ortho intramolecular Hbond substituents is 1. The third-order valence-electron chi connectivity index (χ3n) is 3.47. The van der Waals surface area contributed by atoms with Crippen LogP contribution in [0.3, 0.4) is 0 Å². The molecular formula is C16H16FN3O. The van der Waals surface area contributed by atoms with Gasteiger partial charge in [-0.05, 0) is 36.8 Å². The molecule has 2 aromatic carbocycles. The maximum Gasteiger partial charge on any atom is 0.149 e. The van der Waals surface area contributed by atoms with E-state index in [4.69, 9.17) is 5.73 Å². The number of aromatic hydroxyl groups is 1. The van der Waals surface area contributed by atoms with Crippen LogP contribution in [-0.4, -0.2) is 14.7 Å². The molecule has 21 heavy (non-hydrogen) atoms. The van der Waals surface area contributed by atoms with E-state index in [0.717, 1.165) is 6.42 Å². The Labute approximate surface area is 121 Å². The number of rotatable bonds is 3. The SMILES string of the molecule is CCCn1c(-c2cccc(N)c2O)nc2ccc(F)cc21. The lowest BCUT2D eigenvalue weighted by molar-refractivity contribution is 0.479. The summed E-state index contributed by atoms with van der Waals surface area (Å²) < 4.78 is 15.4. The Morgan fingerprint density at radius 3 is 2.86 bits per heavy atom. The third kappa shape index (κ3) is 2.20. The highest BCUT2D eigenvalue weighted by atomic mass is 19.1. The standard InChI is InChI=1S/C16H16FN3O/c1-2-8-20-14-9-10(17)6-7-13(14)19-16(20)11-4-3-5-12(18)15(11)21/h3-7,9,21H,2,8,18H2,1H3. The summed E-state index contributed by atoms with van der Waals surface area (Å²) in [6.07, 6.45) is 0.873. The van der Waals surface area contributed by atoms with Crippen LogP contribution in [0.25, 0.3) is 22.4 Å². The zero-order valence-corrected chi connectivity index (χ0v) is 11.7. The van der Waals surface area contributed by atoms with Gasteiger partial charge >= 0.3 is 0 Å². The molecule has 0 unspecified atom stereocenters. The van der Waals surface area contributed by atoms with Crippen molar-refractivity contribution in [2.24, 2.45) is 0 Å². The fourth-order valence-electron chi connectivity index (χ4n) is 2.49. The molecule has 0 aliphatic rings. The van der Waals surface area contributed by atoms with E-state index in [0.29, 0.717) is 34.7 Å². The number of phenols is 1. The number of aryl methyl sites for hydroxylation is 1. The molecule has 0 saturated carbocycles. The van der Waals surface area contributed by atoms with Gasteiger partial charge in [0.15, 0.2) is 0 Å². The monoisotopic (exact) mass is 285 g/mol. The predicted octanol–water partition coefficient (Wildman–Crippen LogP) is 3.54. The van der Waals surface area contributed by atoms with Gasteiger partial charge in [0.2, 0.25) is 0 Å². The van der Waals surface area contributed by atoms with Crippen molar-refractivity contribution in [3.63, 3.8) is 0 Å². The van der Waals surface area contributed by atoms with Crippen molar-refractivity contribution < 1.29 is 9.50 Å². The van der Waals surface area contributed by atoms with Gasteiger partial charge in [-0.1, -0.05) is 13.0 Å². The average Bonchev–Trinajstić information content (AvgIpc) is 2.81. The lowest BCUT2D eigenvalue weighted by Gasteiger charge is -2.10. The summed E-state index contributed by atoms with van der Waals surface area (Å²) in [4.78, 5) is 4.53. The molecule has 5 heteroatoms. The number of imidazole rings is 1. The Kier molecular flexibility index (Phi) is 3.25. The number of nitrogens with zero attached hydrogens (tertiary/aromatic N) is 2. The number of halogens is 1. The Hall–Kier alpha value is -2.56. The normalized spacial score (nSPS) is 11.1. The van der Waals surface area contributed by atoms with Crippen molar-refractivity contribution in [1.82, 2.24) is 9.55 Å². The zero-order chi connectivity index (χ0) is 15.0. The molecule has 0 bridgehead atoms. The average molecular weight is 285 g/mol. The van der Waals surface area contributed by atoms with E-state index < -0.39 is 0 Å². The molecule has 0 radical (unpaired) electrons. The van der Waals surface area contributed by atoms with Gasteiger partial charge in [0.05, 0.1) is 22.3 Å². The zero-order valence-electron chi connectivity index (χ0n) is 11.7. The maximum absolute atomic E-state index is 13.5. The number of benzene rings is 2. The van der Waals surface area contributed by atoms with Gasteiger partial charge in [-0.25, -0.2) is 9.37 Å². The minimum absolute atomic E-state index is 0.00521. The first kappa shape index (κ1) is 13.4. The highest BCUT2D eigenvalue weighted by Gasteiger charge is 2.16. The lowest BCUT2D eigenvalue weighted by Crippen LogP contribution is -2.00. The van der Waals surface area contributed by atoms with Gasteiger partial charge < -0.3 is 15.4 Å². The number of nitrogens with two attached hydrogens (primary N) is 1. The van der Waals surface area contributed by atoms with Gasteiger partial charge in [-0.2, -0.15) is 0 Å². The summed E-state index contributed by atoms with van der Waals surface area (Å²) in [5, 5.41) is 10.2. The molecule has 0 atom stereocenters. The summed E-state index contributed by atoms with van der Waals surface area (Å²) in [5.41, 5.74) is 8.02. The van der Waals surface area contributed by atoms with Gasteiger partial charge in [0, 0.05) is 6.54 Å². The molecule has 3 aromatic rings. The summed E-state index contributed by atoms with van der Waals surface area (Å²) in [6, 6.07) is 9.64. The number of anilines is 1. The Morgan fingerprint density at radius 2 is 2.10 bits per heavy atom. The van der Waals surface area contributed by atoms with Gasteiger partial charge in [0.25, 0.3) is 0 Å². The van der Waals surface area contributed by atoms with E-state index in [9.17, 15) is 9.50 Å². The Balaban J connectivity index is 2.31. The quantitative estimate of drug-likeness (QED) is 0.571. The molecule has 108 valence electrons. The van der Waals surface area contributed by atoms with Crippen LogP contribution in [0.4, 0.5) is 10.1 Å². The van der Waals surface area contributed by atoms with Crippen molar-refractivity contribution >= 4 is 16.7 Å². The van der Waals surface area contributed by atoms with Crippen molar-refractivity contribution in [1.29, 1.82) is 0 Å². The second-order valence-electron chi connectivity index (χ2n) is 4.96. The van der Waals surface area contributed by atoms with Crippen molar-refractivity contribution in [2.45, 2.75) is 19.9 Å². The minimum Gasteiger partial charge on any atom is -0.505 e. The van der Waals surface area contributed by atoms with Crippen molar-refractivity contribution in [2.75, 3.05) is 5.73 Å². The van der Waals surface area contributed by atoms with Crippen LogP contribution < -0.4 is 5.73 Å². The van der Waals surface area contributed by atoms with E-state index >= 15 is 0 Å². The van der Waals surface area contributed by atoms with Crippen molar-refractivity contribution in [3.8, 4) is 17.1 Å². The van der Waals surface area contributed by atoms with Gasteiger partial charge in [-0.3, -0.25) is 0 Å². The number of aromatic nitrogens is 2. The molecule has 0 aliphatic carbocycles. The van der Waals surface area contributed by atoms with E-state index in [1.807, 2.05) is 11.5 Å². The van der Waals surface area contributed by atoms with Crippen LogP contribution in [0.15, 0.2) is 36.4 Å². The highest BCUT2D eigenvalue weighted by molar-refractivity contribution is 5.83. The first-order valence-electron chi connectivity index (χ1n) is 6.85. The number of hydrogen-bond donors (Lipinski definition) is 2. The summed E-state index contributed by atoms with van der Waals surface area (Å²) in [6.45, 7) is 2.72. The fraction of sp³-hybridized carbons (Fsp3) is 0.188. The summed E-state index contributed by atoms with van der Waals surface area (Å²) in [7, 11) is 0. The lowest BCUT2D eigenvalue weighted by atomic mass is 10.1. The third-order valence-corrected chi connectivity index (χ3v) is 3.47. The van der Waals surface area contributed by atoms with Crippen LogP contribution in [0.2, 0.25) is 0 Å². The van der Waals surface area contributed by atoms with E-state index in [2.05, 4.69) is 4.98 Å². The first-order valence-corrected chi connectivity index (χ1v) is 6.85. The van der Waals surface area contributed by atoms with E-state index in [-0.39, 0.29) is 11.6 Å². The fourth-order valence-corrected chi connectivity index (χ4v) is 2.49. The van der Waals surface area contributed by atoms with Crippen LogP contribution >= 0.6 is 0 Å². The van der Waals surface area contributed by atoms with Crippen LogP contribution in [0.5, 0.6) is 5.75 Å².